The number of nitrogens with one attached hydrogen (secondary N) is 2. The van der Waals surface area contributed by atoms with Gasteiger partial charge in [-0.15, -0.1) is 0 Å². The Labute approximate surface area is 102 Å². The lowest BCUT2D eigenvalue weighted by atomic mass is 10.4. The molecule has 0 atom stereocenters. The van der Waals surface area contributed by atoms with Gasteiger partial charge in [0.1, 0.15) is 11.6 Å². The summed E-state index contributed by atoms with van der Waals surface area (Å²) in [6, 6.07) is 1.85. The van der Waals surface area contributed by atoms with Gasteiger partial charge in [0.25, 0.3) is 0 Å². The molecule has 96 valence electrons. The molecule has 0 saturated heterocycles. The van der Waals surface area contributed by atoms with E-state index in [9.17, 15) is 0 Å². The van der Waals surface area contributed by atoms with Gasteiger partial charge in [0, 0.05) is 25.8 Å². The van der Waals surface area contributed by atoms with Crippen molar-refractivity contribution < 1.29 is 4.74 Å². The van der Waals surface area contributed by atoms with Crippen molar-refractivity contribution in [3.8, 4) is 0 Å². The van der Waals surface area contributed by atoms with E-state index in [1.807, 2.05) is 13.0 Å². The summed E-state index contributed by atoms with van der Waals surface area (Å²) in [5, 5.41) is 6.32. The lowest BCUT2D eigenvalue weighted by molar-refractivity contribution is 0.158. The second-order valence-corrected chi connectivity index (χ2v) is 3.55. The van der Waals surface area contributed by atoms with E-state index >= 15 is 0 Å². The van der Waals surface area contributed by atoms with Crippen LogP contribution >= 0.6 is 0 Å². The number of hydrogen-bond donors (Lipinski definition) is 3. The Hall–Kier alpha value is -1.56. The summed E-state index contributed by atoms with van der Waals surface area (Å²) >= 11 is 0. The molecular weight excluding hydrogens is 218 g/mol. The third-order valence-electron chi connectivity index (χ3n) is 2.06. The van der Waals surface area contributed by atoms with E-state index in [0.717, 1.165) is 31.2 Å². The fraction of sp³-hybridized carbons (Fsp3) is 0.636. The fourth-order valence-corrected chi connectivity index (χ4v) is 1.30. The maximum Gasteiger partial charge on any atom is 0.223 e. The van der Waals surface area contributed by atoms with Crippen molar-refractivity contribution in [2.45, 2.75) is 20.3 Å². The van der Waals surface area contributed by atoms with Crippen LogP contribution in [0.15, 0.2) is 6.07 Å². The lowest BCUT2D eigenvalue weighted by Crippen LogP contribution is -2.12. The van der Waals surface area contributed by atoms with Gasteiger partial charge in [-0.3, -0.25) is 0 Å². The Morgan fingerprint density at radius 3 is 2.41 bits per heavy atom. The number of nitrogens with zero attached hydrogens (tertiary/aromatic N) is 2. The standard InChI is InChI=1S/C11H21N5O/c1-3-5-13-9-8-10(16-11(12)15-9)14-6-7-17-4-2/h8H,3-7H2,1-2H3,(H4,12,13,14,15,16). The summed E-state index contributed by atoms with van der Waals surface area (Å²) in [5.74, 6) is 1.74. The first-order valence-corrected chi connectivity index (χ1v) is 5.96. The maximum absolute atomic E-state index is 5.63. The molecule has 6 nitrogen and oxygen atoms in total. The van der Waals surface area contributed by atoms with E-state index in [0.29, 0.717) is 13.2 Å². The molecule has 0 aliphatic carbocycles. The topological polar surface area (TPSA) is 85.1 Å². The smallest absolute Gasteiger partial charge is 0.223 e. The molecule has 0 bridgehead atoms. The van der Waals surface area contributed by atoms with Crippen LogP contribution in [0.3, 0.4) is 0 Å². The minimum atomic E-state index is 0.269. The van der Waals surface area contributed by atoms with Crippen LogP contribution < -0.4 is 16.4 Å². The Morgan fingerprint density at radius 2 is 1.82 bits per heavy atom. The fourth-order valence-electron chi connectivity index (χ4n) is 1.30. The minimum Gasteiger partial charge on any atom is -0.380 e. The van der Waals surface area contributed by atoms with Crippen molar-refractivity contribution in [1.82, 2.24) is 9.97 Å². The highest BCUT2D eigenvalue weighted by atomic mass is 16.5. The highest BCUT2D eigenvalue weighted by Crippen LogP contribution is 2.11. The van der Waals surface area contributed by atoms with Gasteiger partial charge in [0.15, 0.2) is 0 Å². The van der Waals surface area contributed by atoms with E-state index in [1.54, 1.807) is 0 Å². The van der Waals surface area contributed by atoms with Gasteiger partial charge in [0.2, 0.25) is 5.95 Å². The van der Waals surface area contributed by atoms with Gasteiger partial charge in [-0.25, -0.2) is 0 Å². The van der Waals surface area contributed by atoms with Crippen LogP contribution in [-0.4, -0.2) is 36.3 Å². The average Bonchev–Trinajstić information content (AvgIpc) is 2.31. The van der Waals surface area contributed by atoms with E-state index in [-0.39, 0.29) is 5.95 Å². The van der Waals surface area contributed by atoms with Crippen LogP contribution in [0, 0.1) is 0 Å². The molecule has 1 aromatic heterocycles. The molecule has 0 aliphatic heterocycles. The molecule has 0 aliphatic rings. The van der Waals surface area contributed by atoms with Crippen LogP contribution in [0.4, 0.5) is 17.6 Å². The first-order valence-electron chi connectivity index (χ1n) is 5.96. The quantitative estimate of drug-likeness (QED) is 0.593. The lowest BCUT2D eigenvalue weighted by Gasteiger charge is -2.09. The van der Waals surface area contributed by atoms with Gasteiger partial charge in [-0.1, -0.05) is 6.92 Å². The molecule has 4 N–H and O–H groups in total. The molecule has 1 rings (SSSR count). The van der Waals surface area contributed by atoms with Crippen LogP contribution in [-0.2, 0) is 4.74 Å². The van der Waals surface area contributed by atoms with Crippen molar-refractivity contribution in [2.75, 3.05) is 42.7 Å². The minimum absolute atomic E-state index is 0.269. The highest BCUT2D eigenvalue weighted by Gasteiger charge is 2.01. The Bertz CT molecular complexity index is 332. The Kier molecular flexibility index (Phi) is 6.09. The second kappa shape index (κ2) is 7.67. The molecule has 0 unspecified atom stereocenters. The Balaban J connectivity index is 2.50. The van der Waals surface area contributed by atoms with E-state index < -0.39 is 0 Å². The van der Waals surface area contributed by atoms with Crippen molar-refractivity contribution in [3.05, 3.63) is 6.07 Å². The van der Waals surface area contributed by atoms with Gasteiger partial charge in [-0.2, -0.15) is 9.97 Å². The van der Waals surface area contributed by atoms with Gasteiger partial charge in [-0.05, 0) is 13.3 Å². The molecule has 1 aromatic rings. The average molecular weight is 239 g/mol. The normalized spacial score (nSPS) is 10.2. The monoisotopic (exact) mass is 239 g/mol. The first-order chi connectivity index (χ1) is 8.26. The summed E-state index contributed by atoms with van der Waals surface area (Å²) in [6.07, 6.45) is 1.04. The number of nitrogens with two attached hydrogens (primary N) is 1. The molecule has 6 heteroatoms. The number of aromatic nitrogens is 2. The third kappa shape index (κ3) is 5.35. The van der Waals surface area contributed by atoms with Crippen LogP contribution in [0.1, 0.15) is 20.3 Å². The maximum atomic E-state index is 5.63. The zero-order valence-corrected chi connectivity index (χ0v) is 10.5. The van der Waals surface area contributed by atoms with E-state index in [2.05, 4.69) is 27.5 Å². The molecule has 0 fully saturated rings. The van der Waals surface area contributed by atoms with Crippen molar-refractivity contribution in [1.29, 1.82) is 0 Å². The van der Waals surface area contributed by atoms with E-state index in [1.165, 1.54) is 0 Å². The summed E-state index contributed by atoms with van der Waals surface area (Å²) in [5.41, 5.74) is 5.63. The number of rotatable bonds is 8. The summed E-state index contributed by atoms with van der Waals surface area (Å²) in [7, 11) is 0. The predicted molar refractivity (Wildman–Crippen MR) is 70.2 cm³/mol. The van der Waals surface area contributed by atoms with Crippen LogP contribution in [0.2, 0.25) is 0 Å². The molecule has 0 spiro atoms. The zero-order chi connectivity index (χ0) is 12.5. The molecule has 17 heavy (non-hydrogen) atoms. The van der Waals surface area contributed by atoms with E-state index in [4.69, 9.17) is 10.5 Å². The SMILES string of the molecule is CCCNc1cc(NCCOCC)nc(N)n1. The van der Waals surface area contributed by atoms with Crippen molar-refractivity contribution >= 4 is 17.6 Å². The molecule has 0 amide bonds. The molecular formula is C11H21N5O. The molecule has 1 heterocycles. The molecule has 0 aromatic carbocycles. The van der Waals surface area contributed by atoms with Gasteiger partial charge < -0.3 is 21.1 Å². The molecule has 0 radical (unpaired) electrons. The van der Waals surface area contributed by atoms with Crippen molar-refractivity contribution in [2.24, 2.45) is 0 Å². The third-order valence-corrected chi connectivity index (χ3v) is 2.06. The summed E-state index contributed by atoms with van der Waals surface area (Å²) < 4.78 is 5.23. The van der Waals surface area contributed by atoms with Crippen LogP contribution in [0.25, 0.3) is 0 Å². The predicted octanol–water partition coefficient (Wildman–Crippen LogP) is 1.33. The molecule has 0 saturated carbocycles. The van der Waals surface area contributed by atoms with Crippen LogP contribution in [0.5, 0.6) is 0 Å². The highest BCUT2D eigenvalue weighted by molar-refractivity contribution is 5.50. The number of hydrogen-bond acceptors (Lipinski definition) is 6. The number of nitrogen functional groups attached to an aromatic ring is 1. The summed E-state index contributed by atoms with van der Waals surface area (Å²) in [6.45, 7) is 7.01. The largest absolute Gasteiger partial charge is 0.380 e. The number of ether oxygens (including phenoxy) is 1. The second-order valence-electron chi connectivity index (χ2n) is 3.55. The van der Waals surface area contributed by atoms with Crippen molar-refractivity contribution in [3.63, 3.8) is 0 Å². The zero-order valence-electron chi connectivity index (χ0n) is 10.5. The Morgan fingerprint density at radius 1 is 1.18 bits per heavy atom. The van der Waals surface area contributed by atoms with Gasteiger partial charge >= 0.3 is 0 Å². The van der Waals surface area contributed by atoms with Gasteiger partial charge in [0.05, 0.1) is 6.61 Å². The summed E-state index contributed by atoms with van der Waals surface area (Å²) in [4.78, 5) is 8.20. The number of anilines is 3. The first kappa shape index (κ1) is 13.5.